The average molecular weight is 86.1 g/mol. The second-order valence-corrected chi connectivity index (χ2v) is 0. The van der Waals surface area contributed by atoms with Crippen molar-refractivity contribution in [1.29, 1.82) is 0 Å². The summed E-state index contributed by atoms with van der Waals surface area (Å²) in [5.41, 5.74) is 0. The maximum atomic E-state index is 0. The molecule has 0 aliphatic carbocycles. The van der Waals surface area contributed by atoms with Gasteiger partial charge in [0.05, 0.1) is 0 Å². The topological polar surface area (TPSA) is 94.5 Å². The van der Waals surface area contributed by atoms with Crippen LogP contribution in [0.2, 0.25) is 0 Å². The highest BCUT2D eigenvalue weighted by molar-refractivity contribution is 2.50. The van der Waals surface area contributed by atoms with Crippen molar-refractivity contribution < 1.29 is 16.4 Å². The molecule has 0 saturated heterocycles. The summed E-state index contributed by atoms with van der Waals surface area (Å²) in [7, 11) is 0. The van der Waals surface area contributed by atoms with Gasteiger partial charge in [0.15, 0.2) is 0 Å². The molecule has 0 rings (SSSR count). The van der Waals surface area contributed by atoms with Crippen LogP contribution >= 0.6 is 0 Å². The van der Waals surface area contributed by atoms with Crippen LogP contribution in [0.4, 0.5) is 0 Å². The fourth-order valence-corrected chi connectivity index (χ4v) is 0. The first kappa shape index (κ1) is 5100. The molecule has 0 atom stereocenters. The molecule has 0 amide bonds. The van der Waals surface area contributed by atoms with E-state index in [1.54, 1.807) is 0 Å². The minimum absolute atomic E-state index is 0. The Morgan fingerprint density at radius 3 is 0.400 bits per heavy atom. The molecule has 3 heteroatoms. The van der Waals surface area contributed by atoms with Gasteiger partial charge in [-0.2, -0.15) is 0 Å². The largest absolute Gasteiger partial charge is 0.412 e. The van der Waals surface area contributed by atoms with E-state index in [9.17, 15) is 0 Å². The molecule has 5 heavy (non-hydrogen) atoms. The smallest absolute Gasteiger partial charge is 0.0776 e. The van der Waals surface area contributed by atoms with Gasteiger partial charge >= 0.3 is 0 Å². The van der Waals surface area contributed by atoms with Crippen LogP contribution in [-0.2, 0) is 0 Å². The van der Waals surface area contributed by atoms with Crippen LogP contribution < -0.4 is 0 Å². The first-order chi connectivity index (χ1) is 0. The van der Waals surface area contributed by atoms with Crippen molar-refractivity contribution in [3.8, 4) is 0 Å². The Labute approximate surface area is 32.6 Å². The lowest BCUT2D eigenvalue weighted by atomic mass is 12.0. The fourth-order valence-electron chi connectivity index (χ4n) is 0. The van der Waals surface area contributed by atoms with Gasteiger partial charge in [0.2, 0.25) is 0 Å². The van der Waals surface area contributed by atoms with E-state index in [0.717, 1.165) is 0 Å². The Kier molecular flexibility index (Phi) is 2280000. The molecule has 6 N–H and O–H groups in total. The number of hydrogen-bond acceptors (Lipinski definition) is 0. The van der Waals surface area contributed by atoms with E-state index in [1.165, 1.54) is 0 Å². The Hall–Kier alpha value is -0.120. The summed E-state index contributed by atoms with van der Waals surface area (Å²) < 4.78 is 0. The predicted molar refractivity (Wildman–Crippen MR) is 24.3 cm³/mol. The van der Waals surface area contributed by atoms with Gasteiger partial charge < -0.3 is 16.4 Å². The Morgan fingerprint density at radius 1 is 0.400 bits per heavy atom. The fraction of sp³-hybridized carbons (Fsp3) is 1.00. The van der Waals surface area contributed by atoms with Gasteiger partial charge in [-0.05, 0) is 0 Å². The molecule has 0 saturated carbocycles. The maximum absolute atomic E-state index is 0. The van der Waals surface area contributed by atoms with Crippen LogP contribution in [0.1, 0.15) is 14.9 Å². The first-order valence-corrected chi connectivity index (χ1v) is 0. The minimum Gasteiger partial charge on any atom is -0.412 e. The molecule has 0 fully saturated rings. The van der Waals surface area contributed by atoms with Crippen LogP contribution in [0.5, 0.6) is 0 Å². The van der Waals surface area contributed by atoms with E-state index in [4.69, 9.17) is 0 Å². The highest BCUT2D eigenvalue weighted by Gasteiger charge is -0.0765. The zero-order valence-electron chi connectivity index (χ0n) is 1.50. The van der Waals surface area contributed by atoms with Crippen molar-refractivity contribution in [1.82, 2.24) is 0 Å². The normalized spacial score (nSPS) is 0. The summed E-state index contributed by atoms with van der Waals surface area (Å²) in [4.78, 5) is 0. The summed E-state index contributed by atoms with van der Waals surface area (Å²) in [6.07, 6.45) is 0. The predicted octanol–water partition coefficient (Wildman–Crippen LogP) is -1.20. The van der Waals surface area contributed by atoms with E-state index in [0.29, 0.717) is 0 Å². The monoisotopic (exact) mass is 86.1 g/mol. The summed E-state index contributed by atoms with van der Waals surface area (Å²) >= 11 is 0. The van der Waals surface area contributed by atoms with Crippen molar-refractivity contribution in [3.05, 3.63) is 0 Å². The molecule has 0 aromatic heterocycles. The Morgan fingerprint density at radius 2 is 0.400 bits per heavy atom. The van der Waals surface area contributed by atoms with E-state index < -0.39 is 0 Å². The van der Waals surface area contributed by atoms with E-state index >= 15 is 0 Å². The molecule has 0 bridgehead atoms. The van der Waals surface area contributed by atoms with Gasteiger partial charge in [0.1, 0.15) is 0 Å². The standard InChI is InChI=1S/2CH4.3H2O/h2*1H4;3*1H2. The minimum atomic E-state index is 0. The average Bonchev–Trinajstić information content (AvgIpc) is 0. The van der Waals surface area contributed by atoms with Gasteiger partial charge in [-0.15, -0.1) is 0 Å². The van der Waals surface area contributed by atoms with E-state index in [1.807, 2.05) is 0 Å². The van der Waals surface area contributed by atoms with Crippen LogP contribution in [0.25, 0.3) is 0 Å². The second kappa shape index (κ2) is 2230. The first-order valence-electron chi connectivity index (χ1n) is 0. The molecule has 0 aliphatic heterocycles. The van der Waals surface area contributed by atoms with E-state index in [-0.39, 0.29) is 31.3 Å². The molecule has 0 aromatic carbocycles. The highest BCUT2D eigenvalue weighted by Crippen LogP contribution is 0.145. The molecule has 3 nitrogen and oxygen atoms in total. The molecule has 0 aliphatic rings. The van der Waals surface area contributed by atoms with Gasteiger partial charge in [-0.25, -0.2) is 0 Å². The third-order valence-corrected chi connectivity index (χ3v) is 0. The highest BCUT2D eigenvalue weighted by atomic mass is 16.0. The van der Waals surface area contributed by atoms with Gasteiger partial charge in [0, 0.05) is 0 Å². The van der Waals surface area contributed by atoms with Crippen LogP contribution in [0.3, 0.4) is 0 Å². The Bertz CT molecular complexity index is 4.85. The molecule has 40 valence electrons. The summed E-state index contributed by atoms with van der Waals surface area (Å²) in [6, 6.07) is 0. The number of rotatable bonds is 0. The summed E-state index contributed by atoms with van der Waals surface area (Å²) in [5.74, 6) is 0. The quantitative estimate of drug-likeness (QED) is 0.354. The Balaban J connectivity index is 0. The van der Waals surface area contributed by atoms with Crippen molar-refractivity contribution in [2.45, 2.75) is 14.9 Å². The van der Waals surface area contributed by atoms with Gasteiger partial charge in [-0.3, -0.25) is 0 Å². The molecular formula is C2H14O3. The third-order valence-electron chi connectivity index (χ3n) is 0. The maximum Gasteiger partial charge on any atom is -0.0776 e. The second-order valence-electron chi connectivity index (χ2n) is 0. The van der Waals surface area contributed by atoms with Crippen LogP contribution in [-0.4, -0.2) is 16.4 Å². The number of hydrogen-bond donors (Lipinski definition) is 0. The van der Waals surface area contributed by atoms with Crippen molar-refractivity contribution in [2.75, 3.05) is 0 Å². The zero-order chi connectivity index (χ0) is 0. The van der Waals surface area contributed by atoms with Crippen molar-refractivity contribution in [3.63, 3.8) is 0 Å². The molecule has 0 spiro atoms. The van der Waals surface area contributed by atoms with E-state index in [2.05, 4.69) is 0 Å². The molecule has 0 aromatic rings. The molecule has 0 unspecified atom stereocenters. The molecule has 0 heterocycles. The summed E-state index contributed by atoms with van der Waals surface area (Å²) in [6.45, 7) is 0. The van der Waals surface area contributed by atoms with Gasteiger partial charge in [0.25, 0.3) is 0 Å². The summed E-state index contributed by atoms with van der Waals surface area (Å²) in [5, 5.41) is 0. The lowest BCUT2D eigenvalue weighted by Crippen LogP contribution is -0.290. The lowest BCUT2D eigenvalue weighted by molar-refractivity contribution is 0.823. The molecule has 0 radical (unpaired) electrons. The lowest BCUT2D eigenvalue weighted by Gasteiger charge is -0.413. The van der Waals surface area contributed by atoms with Crippen molar-refractivity contribution >= 4 is 0 Å². The third kappa shape index (κ3) is 952. The zero-order valence-corrected chi connectivity index (χ0v) is 1.50. The molecular weight excluding hydrogens is 72.0 g/mol. The van der Waals surface area contributed by atoms with Crippen molar-refractivity contribution in [2.24, 2.45) is 0 Å². The van der Waals surface area contributed by atoms with Crippen LogP contribution in [0, 0.1) is 0 Å². The van der Waals surface area contributed by atoms with Gasteiger partial charge in [-0.1, -0.05) is 14.9 Å². The SMILES string of the molecule is C.C.O.O.O. The van der Waals surface area contributed by atoms with Crippen LogP contribution in [0.15, 0.2) is 0 Å².